The molecule has 1 aromatic heterocycles. The molecule has 1 atom stereocenters. The standard InChI is InChI=1S/C19H22FN3O3/c1-3-16(24)18-12-23(6-7-25-18)11-14-9-21-19(22-10-14)26-17-5-4-15(20)8-13(17)2/h4-5,8-10,18H,3,6-7,11-12H2,1-2H3/t18-/m0/s1. The average Bonchev–Trinajstić information content (AvgIpc) is 2.65. The number of nitrogens with zero attached hydrogens (tertiary/aromatic N) is 3. The Balaban J connectivity index is 1.60. The summed E-state index contributed by atoms with van der Waals surface area (Å²) in [6, 6.07) is 4.50. The van der Waals surface area contributed by atoms with Gasteiger partial charge < -0.3 is 9.47 Å². The maximum Gasteiger partial charge on any atom is 0.321 e. The van der Waals surface area contributed by atoms with Gasteiger partial charge in [0.15, 0.2) is 5.78 Å². The third-order valence-electron chi connectivity index (χ3n) is 4.28. The second-order valence-electron chi connectivity index (χ2n) is 6.30. The Bertz CT molecular complexity index is 767. The zero-order valence-electron chi connectivity index (χ0n) is 14.9. The van der Waals surface area contributed by atoms with E-state index in [1.165, 1.54) is 12.1 Å². The lowest BCUT2D eigenvalue weighted by molar-refractivity contribution is -0.136. The number of morpholine rings is 1. The van der Waals surface area contributed by atoms with E-state index >= 15 is 0 Å². The Labute approximate surface area is 152 Å². The fourth-order valence-electron chi connectivity index (χ4n) is 2.83. The second-order valence-corrected chi connectivity index (χ2v) is 6.30. The summed E-state index contributed by atoms with van der Waals surface area (Å²) in [4.78, 5) is 22.4. The van der Waals surface area contributed by atoms with Crippen LogP contribution in [0, 0.1) is 12.7 Å². The summed E-state index contributed by atoms with van der Waals surface area (Å²) in [5, 5.41) is 0. The first kappa shape index (κ1) is 18.4. The first-order valence-electron chi connectivity index (χ1n) is 8.66. The van der Waals surface area contributed by atoms with E-state index in [1.54, 1.807) is 25.4 Å². The van der Waals surface area contributed by atoms with Crippen molar-refractivity contribution in [2.45, 2.75) is 32.9 Å². The third kappa shape index (κ3) is 4.62. The quantitative estimate of drug-likeness (QED) is 0.790. The van der Waals surface area contributed by atoms with Gasteiger partial charge in [-0.1, -0.05) is 6.92 Å². The van der Waals surface area contributed by atoms with E-state index in [2.05, 4.69) is 14.9 Å². The Hall–Kier alpha value is -2.38. The highest BCUT2D eigenvalue weighted by molar-refractivity contribution is 5.83. The van der Waals surface area contributed by atoms with Gasteiger partial charge in [-0.2, -0.15) is 0 Å². The van der Waals surface area contributed by atoms with Gasteiger partial charge in [0, 0.05) is 44.0 Å². The number of ketones is 1. The summed E-state index contributed by atoms with van der Waals surface area (Å²) in [6.07, 6.45) is 3.54. The van der Waals surface area contributed by atoms with Gasteiger partial charge in [0.2, 0.25) is 0 Å². The molecule has 2 heterocycles. The monoisotopic (exact) mass is 359 g/mol. The van der Waals surface area contributed by atoms with Crippen molar-refractivity contribution in [2.75, 3.05) is 19.7 Å². The highest BCUT2D eigenvalue weighted by Crippen LogP contribution is 2.23. The average molecular weight is 359 g/mol. The van der Waals surface area contributed by atoms with Gasteiger partial charge in [0.05, 0.1) is 6.61 Å². The van der Waals surface area contributed by atoms with E-state index in [4.69, 9.17) is 9.47 Å². The third-order valence-corrected chi connectivity index (χ3v) is 4.28. The molecule has 6 nitrogen and oxygen atoms in total. The first-order chi connectivity index (χ1) is 12.5. The number of aryl methyl sites for hydroxylation is 1. The number of hydrogen-bond donors (Lipinski definition) is 0. The maximum absolute atomic E-state index is 13.1. The number of ether oxygens (including phenoxy) is 2. The molecule has 0 aliphatic carbocycles. The minimum Gasteiger partial charge on any atom is -0.424 e. The molecule has 1 fully saturated rings. The zero-order valence-corrected chi connectivity index (χ0v) is 14.9. The van der Waals surface area contributed by atoms with Crippen molar-refractivity contribution in [1.82, 2.24) is 14.9 Å². The Morgan fingerprint density at radius 2 is 2.15 bits per heavy atom. The summed E-state index contributed by atoms with van der Waals surface area (Å²) in [7, 11) is 0. The van der Waals surface area contributed by atoms with Gasteiger partial charge in [-0.25, -0.2) is 14.4 Å². The Morgan fingerprint density at radius 1 is 1.38 bits per heavy atom. The molecular formula is C19H22FN3O3. The van der Waals surface area contributed by atoms with E-state index in [0.29, 0.717) is 37.4 Å². The van der Waals surface area contributed by atoms with Crippen LogP contribution in [0.1, 0.15) is 24.5 Å². The molecular weight excluding hydrogens is 337 g/mol. The highest BCUT2D eigenvalue weighted by Gasteiger charge is 2.25. The van der Waals surface area contributed by atoms with Crippen LogP contribution >= 0.6 is 0 Å². The fraction of sp³-hybridized carbons (Fsp3) is 0.421. The Morgan fingerprint density at radius 3 is 2.85 bits per heavy atom. The number of aromatic nitrogens is 2. The van der Waals surface area contributed by atoms with E-state index in [-0.39, 0.29) is 23.7 Å². The molecule has 1 aromatic carbocycles. The van der Waals surface area contributed by atoms with Crippen molar-refractivity contribution in [3.63, 3.8) is 0 Å². The van der Waals surface area contributed by atoms with Crippen LogP contribution in [0.2, 0.25) is 0 Å². The van der Waals surface area contributed by atoms with Crippen molar-refractivity contribution >= 4 is 5.78 Å². The number of halogens is 1. The molecule has 3 rings (SSSR count). The van der Waals surface area contributed by atoms with Crippen LogP contribution in [0.25, 0.3) is 0 Å². The number of carbonyl (C=O) groups excluding carboxylic acids is 1. The van der Waals surface area contributed by atoms with Gasteiger partial charge in [-0.05, 0) is 30.7 Å². The molecule has 0 radical (unpaired) electrons. The van der Waals surface area contributed by atoms with E-state index in [0.717, 1.165) is 12.1 Å². The molecule has 0 amide bonds. The molecule has 0 spiro atoms. The molecule has 0 N–H and O–H groups in total. The molecule has 0 saturated carbocycles. The SMILES string of the molecule is CCC(=O)[C@@H]1CN(Cc2cnc(Oc3ccc(F)cc3C)nc2)CCO1. The van der Waals surface area contributed by atoms with Crippen molar-refractivity contribution < 1.29 is 18.7 Å². The topological polar surface area (TPSA) is 64.6 Å². The van der Waals surface area contributed by atoms with E-state index < -0.39 is 0 Å². The lowest BCUT2D eigenvalue weighted by atomic mass is 10.1. The Kier molecular flexibility index (Phi) is 5.90. The summed E-state index contributed by atoms with van der Waals surface area (Å²) in [5.74, 6) is 0.342. The van der Waals surface area contributed by atoms with Crippen LogP contribution in [0.3, 0.4) is 0 Å². The molecule has 1 aliphatic rings. The van der Waals surface area contributed by atoms with E-state index in [1.807, 2.05) is 6.92 Å². The van der Waals surface area contributed by atoms with Crippen LogP contribution in [0.4, 0.5) is 4.39 Å². The molecule has 1 aliphatic heterocycles. The summed E-state index contributed by atoms with van der Waals surface area (Å²) < 4.78 is 24.3. The number of hydrogen-bond acceptors (Lipinski definition) is 6. The second kappa shape index (κ2) is 8.33. The minimum absolute atomic E-state index is 0.129. The summed E-state index contributed by atoms with van der Waals surface area (Å²) in [5.41, 5.74) is 1.61. The predicted molar refractivity (Wildman–Crippen MR) is 93.6 cm³/mol. The van der Waals surface area contributed by atoms with Gasteiger partial charge in [-0.15, -0.1) is 0 Å². The molecule has 0 unspecified atom stereocenters. The van der Waals surface area contributed by atoms with Crippen LogP contribution in [-0.2, 0) is 16.1 Å². The highest BCUT2D eigenvalue weighted by atomic mass is 19.1. The molecule has 0 bridgehead atoms. The smallest absolute Gasteiger partial charge is 0.321 e. The first-order valence-corrected chi connectivity index (χ1v) is 8.66. The zero-order chi connectivity index (χ0) is 18.5. The normalized spacial score (nSPS) is 17.9. The molecule has 1 saturated heterocycles. The van der Waals surface area contributed by atoms with Gasteiger partial charge >= 0.3 is 6.01 Å². The largest absolute Gasteiger partial charge is 0.424 e. The molecule has 26 heavy (non-hydrogen) atoms. The van der Waals surface area contributed by atoms with Crippen LogP contribution < -0.4 is 4.74 Å². The summed E-state index contributed by atoms with van der Waals surface area (Å²) in [6.45, 7) is 6.15. The number of Topliss-reactive ketones (excluding diaryl/α,β-unsaturated/α-hetero) is 1. The van der Waals surface area contributed by atoms with Gasteiger partial charge in [0.1, 0.15) is 17.7 Å². The van der Waals surface area contributed by atoms with Crippen LogP contribution in [0.5, 0.6) is 11.8 Å². The van der Waals surface area contributed by atoms with E-state index in [9.17, 15) is 9.18 Å². The minimum atomic E-state index is -0.348. The van der Waals surface area contributed by atoms with Crippen molar-refractivity contribution in [3.05, 3.63) is 47.5 Å². The molecule has 2 aromatic rings. The molecule has 7 heteroatoms. The van der Waals surface area contributed by atoms with Crippen molar-refractivity contribution in [2.24, 2.45) is 0 Å². The van der Waals surface area contributed by atoms with Crippen LogP contribution in [-0.4, -0.2) is 46.5 Å². The number of carbonyl (C=O) groups is 1. The maximum atomic E-state index is 13.1. The predicted octanol–water partition coefficient (Wildman–Crippen LogP) is 2.90. The lowest BCUT2D eigenvalue weighted by Crippen LogP contribution is -2.45. The summed E-state index contributed by atoms with van der Waals surface area (Å²) >= 11 is 0. The van der Waals surface area contributed by atoms with Crippen molar-refractivity contribution in [1.29, 1.82) is 0 Å². The van der Waals surface area contributed by atoms with Gasteiger partial charge in [0.25, 0.3) is 0 Å². The number of rotatable bonds is 6. The fourth-order valence-corrected chi connectivity index (χ4v) is 2.83. The van der Waals surface area contributed by atoms with Crippen molar-refractivity contribution in [3.8, 4) is 11.8 Å². The molecule has 138 valence electrons. The lowest BCUT2D eigenvalue weighted by Gasteiger charge is -2.31. The van der Waals surface area contributed by atoms with Gasteiger partial charge in [-0.3, -0.25) is 9.69 Å². The number of benzene rings is 1. The van der Waals surface area contributed by atoms with Crippen LogP contribution in [0.15, 0.2) is 30.6 Å².